The van der Waals surface area contributed by atoms with E-state index in [1.807, 2.05) is 30.3 Å². The number of carbonyl (C=O) groups is 1. The minimum absolute atomic E-state index is 0.410. The number of hydroxylamine groups is 3. The first kappa shape index (κ1) is 18.3. The molecule has 128 valence electrons. The third-order valence-corrected chi connectivity index (χ3v) is 4.28. The molecule has 2 rings (SSSR count). The summed E-state index contributed by atoms with van der Waals surface area (Å²) in [6.45, 7) is 0.525. The molecule has 2 N–H and O–H groups in total. The van der Waals surface area contributed by atoms with Gasteiger partial charge in [-0.15, -0.1) is 0 Å². The van der Waals surface area contributed by atoms with Crippen molar-refractivity contribution in [3.63, 3.8) is 0 Å². The van der Waals surface area contributed by atoms with E-state index in [-0.39, 0.29) is 0 Å². The summed E-state index contributed by atoms with van der Waals surface area (Å²) in [5, 5.41) is 9.79. The molecule has 0 fully saturated rings. The van der Waals surface area contributed by atoms with Crippen molar-refractivity contribution < 1.29 is 18.5 Å². The highest BCUT2D eigenvalue weighted by molar-refractivity contribution is 7.80. The van der Waals surface area contributed by atoms with Crippen molar-refractivity contribution in [3.8, 4) is 11.1 Å². The van der Waals surface area contributed by atoms with Crippen LogP contribution in [-0.2, 0) is 26.6 Å². The molecule has 2 aromatic carbocycles. The Bertz CT molecular complexity index is 677. The number of nitrogens with one attached hydrogen (secondary N) is 1. The third kappa shape index (κ3) is 5.86. The van der Waals surface area contributed by atoms with E-state index in [9.17, 15) is 9.00 Å². The molecule has 7 heteroatoms. The predicted octanol–water partition coefficient (Wildman–Crippen LogP) is 1.93. The highest BCUT2D eigenvalue weighted by Crippen LogP contribution is 2.19. The predicted molar refractivity (Wildman–Crippen MR) is 92.2 cm³/mol. The SMILES string of the molecule is CN(CCc1ccc(-c2ccccc2)cc1)OS(=O)CC(=O)NO. The number of likely N-dealkylation sites (N-methyl/N-ethyl adjacent to an activating group) is 1. The van der Waals surface area contributed by atoms with Crippen molar-refractivity contribution in [1.82, 2.24) is 10.5 Å². The summed E-state index contributed by atoms with van der Waals surface area (Å²) in [5.74, 6) is -1.16. The van der Waals surface area contributed by atoms with E-state index in [1.165, 1.54) is 16.1 Å². The van der Waals surface area contributed by atoms with Gasteiger partial charge in [-0.05, 0) is 23.1 Å². The second kappa shape index (κ2) is 9.29. The second-order valence-electron chi connectivity index (χ2n) is 5.22. The number of hydrogen-bond acceptors (Lipinski definition) is 5. The molecule has 0 aliphatic rings. The molecule has 0 bridgehead atoms. The minimum atomic E-state index is -1.81. The number of benzene rings is 2. The van der Waals surface area contributed by atoms with Gasteiger partial charge in [0.25, 0.3) is 5.91 Å². The Morgan fingerprint density at radius 2 is 1.75 bits per heavy atom. The quantitative estimate of drug-likeness (QED) is 0.563. The molecule has 6 nitrogen and oxygen atoms in total. The van der Waals surface area contributed by atoms with E-state index in [4.69, 9.17) is 9.49 Å². The summed E-state index contributed by atoms with van der Waals surface area (Å²) in [5.41, 5.74) is 4.87. The topological polar surface area (TPSA) is 78.9 Å². The van der Waals surface area contributed by atoms with Crippen molar-refractivity contribution >= 4 is 17.0 Å². The van der Waals surface area contributed by atoms with Gasteiger partial charge in [0.15, 0.2) is 11.1 Å². The van der Waals surface area contributed by atoms with Crippen molar-refractivity contribution in [1.29, 1.82) is 0 Å². The zero-order chi connectivity index (χ0) is 17.4. The highest BCUT2D eigenvalue weighted by Gasteiger charge is 2.11. The number of carbonyl (C=O) groups excluding carboxylic acids is 1. The molecule has 24 heavy (non-hydrogen) atoms. The first-order chi connectivity index (χ1) is 11.6. The number of nitrogens with zero attached hydrogens (tertiary/aromatic N) is 1. The Labute approximate surface area is 143 Å². The summed E-state index contributed by atoms with van der Waals surface area (Å²) in [4.78, 5) is 10.9. The van der Waals surface area contributed by atoms with E-state index in [0.717, 1.165) is 17.5 Å². The van der Waals surface area contributed by atoms with Crippen molar-refractivity contribution in [3.05, 3.63) is 60.2 Å². The maximum Gasteiger partial charge on any atom is 0.258 e. The summed E-state index contributed by atoms with van der Waals surface area (Å²) in [6, 6.07) is 18.4. The summed E-state index contributed by atoms with van der Waals surface area (Å²) in [7, 11) is 1.65. The van der Waals surface area contributed by atoms with Gasteiger partial charge in [-0.3, -0.25) is 10.0 Å². The minimum Gasteiger partial charge on any atom is -0.289 e. The van der Waals surface area contributed by atoms with Gasteiger partial charge in [0.1, 0.15) is 5.75 Å². The van der Waals surface area contributed by atoms with Crippen LogP contribution in [0.3, 0.4) is 0 Å². The van der Waals surface area contributed by atoms with Crippen LogP contribution in [0.4, 0.5) is 0 Å². The van der Waals surface area contributed by atoms with E-state index in [2.05, 4.69) is 24.3 Å². The zero-order valence-corrected chi connectivity index (χ0v) is 14.2. The molecule has 0 aromatic heterocycles. The maximum atomic E-state index is 11.5. The normalized spacial score (nSPS) is 12.1. The van der Waals surface area contributed by atoms with Gasteiger partial charge in [-0.2, -0.15) is 9.35 Å². The van der Waals surface area contributed by atoms with Crippen LogP contribution < -0.4 is 5.48 Å². The maximum absolute atomic E-state index is 11.5. The van der Waals surface area contributed by atoms with Crippen molar-refractivity contribution in [2.45, 2.75) is 6.42 Å². The lowest BCUT2D eigenvalue weighted by atomic mass is 10.0. The second-order valence-corrected chi connectivity index (χ2v) is 6.27. The summed E-state index contributed by atoms with van der Waals surface area (Å²) >= 11 is -1.81. The Kier molecular flexibility index (Phi) is 7.07. The standard InChI is InChI=1S/C17H20N2O4S/c1-19(23-24(22)13-17(20)18-21)12-11-14-7-9-16(10-8-14)15-5-3-2-4-6-15/h2-10,21H,11-13H2,1H3,(H,18,20). The lowest BCUT2D eigenvalue weighted by Crippen LogP contribution is -2.30. The number of rotatable bonds is 8. The largest absolute Gasteiger partial charge is 0.289 e. The molecule has 0 saturated heterocycles. The average molecular weight is 348 g/mol. The van der Waals surface area contributed by atoms with E-state index >= 15 is 0 Å². The number of amides is 1. The van der Waals surface area contributed by atoms with Crippen LogP contribution >= 0.6 is 0 Å². The molecule has 0 heterocycles. The van der Waals surface area contributed by atoms with Gasteiger partial charge in [0.05, 0.1) is 0 Å². The van der Waals surface area contributed by atoms with Crippen LogP contribution in [0.15, 0.2) is 54.6 Å². The fourth-order valence-corrected chi connectivity index (χ4v) is 2.82. The number of hydrogen-bond donors (Lipinski definition) is 2. The van der Waals surface area contributed by atoms with Crippen LogP contribution in [0.25, 0.3) is 11.1 Å². The van der Waals surface area contributed by atoms with Crippen LogP contribution in [0.5, 0.6) is 0 Å². The molecule has 0 aliphatic heterocycles. The Balaban J connectivity index is 1.82. The van der Waals surface area contributed by atoms with Gasteiger partial charge >= 0.3 is 0 Å². The molecule has 2 aromatic rings. The van der Waals surface area contributed by atoms with Gasteiger partial charge in [0.2, 0.25) is 0 Å². The summed E-state index contributed by atoms with van der Waals surface area (Å²) in [6.07, 6.45) is 0.717. The fourth-order valence-electron chi connectivity index (χ4n) is 2.13. The smallest absolute Gasteiger partial charge is 0.258 e. The van der Waals surface area contributed by atoms with Gasteiger partial charge in [-0.25, -0.2) is 9.69 Å². The highest BCUT2D eigenvalue weighted by atomic mass is 32.2. The molecule has 1 amide bonds. The lowest BCUT2D eigenvalue weighted by molar-refractivity contribution is -0.126. The molecule has 0 radical (unpaired) electrons. The van der Waals surface area contributed by atoms with Crippen molar-refractivity contribution in [2.24, 2.45) is 0 Å². The zero-order valence-electron chi connectivity index (χ0n) is 13.3. The van der Waals surface area contributed by atoms with Gasteiger partial charge < -0.3 is 0 Å². The molecule has 0 aliphatic carbocycles. The third-order valence-electron chi connectivity index (χ3n) is 3.36. The monoisotopic (exact) mass is 348 g/mol. The molecule has 0 saturated carbocycles. The molecule has 1 atom stereocenters. The first-order valence-electron chi connectivity index (χ1n) is 7.43. The van der Waals surface area contributed by atoms with Crippen LogP contribution in [0.2, 0.25) is 0 Å². The van der Waals surface area contributed by atoms with Crippen LogP contribution in [0, 0.1) is 0 Å². The molecule has 1 unspecified atom stereocenters. The van der Waals surface area contributed by atoms with E-state index in [1.54, 1.807) is 7.05 Å². The lowest BCUT2D eigenvalue weighted by Gasteiger charge is -2.15. The molecule has 0 spiro atoms. The summed E-state index contributed by atoms with van der Waals surface area (Å²) < 4.78 is 16.6. The average Bonchev–Trinajstić information content (AvgIpc) is 2.61. The van der Waals surface area contributed by atoms with Crippen LogP contribution in [0.1, 0.15) is 5.56 Å². The Morgan fingerprint density at radius 1 is 1.12 bits per heavy atom. The van der Waals surface area contributed by atoms with E-state index in [0.29, 0.717) is 6.54 Å². The van der Waals surface area contributed by atoms with E-state index < -0.39 is 22.7 Å². The fraction of sp³-hybridized carbons (Fsp3) is 0.235. The Morgan fingerprint density at radius 3 is 2.38 bits per heavy atom. The van der Waals surface area contributed by atoms with Gasteiger partial charge in [-0.1, -0.05) is 54.6 Å². The molecular formula is C17H20N2O4S. The molecular weight excluding hydrogens is 328 g/mol. The Hall–Kier alpha value is -2.06. The van der Waals surface area contributed by atoms with Crippen molar-refractivity contribution in [2.75, 3.05) is 19.3 Å². The van der Waals surface area contributed by atoms with Gasteiger partial charge in [0, 0.05) is 13.6 Å². The van der Waals surface area contributed by atoms with Crippen LogP contribution in [-0.4, -0.2) is 39.7 Å². The first-order valence-corrected chi connectivity index (χ1v) is 8.68.